The second-order valence-corrected chi connectivity index (χ2v) is 6.73. The molecule has 0 saturated heterocycles. The Morgan fingerprint density at radius 1 is 0.750 bits per heavy atom. The summed E-state index contributed by atoms with van der Waals surface area (Å²) in [5, 5.41) is 2.61. The van der Waals surface area contributed by atoms with Gasteiger partial charge in [0.25, 0.3) is 0 Å². The van der Waals surface area contributed by atoms with Crippen LogP contribution in [0, 0.1) is 46.3 Å². The molecule has 0 N–H and O–H groups in total. The molecular weight excluding hydrogens is 280 g/mol. The molecule has 0 spiro atoms. The molecule has 0 radical (unpaired) electrons. The zero-order chi connectivity index (χ0) is 7.88. The van der Waals surface area contributed by atoms with Crippen LogP contribution in [-0.2, 0) is 0 Å². The highest BCUT2D eigenvalue weighted by molar-refractivity contribution is 9.09. The summed E-state index contributed by atoms with van der Waals surface area (Å²) in [6, 6.07) is 0. The summed E-state index contributed by atoms with van der Waals surface area (Å²) in [5.41, 5.74) is 1.65. The van der Waals surface area contributed by atoms with Gasteiger partial charge in [0.05, 0.1) is 0 Å². The fourth-order valence-electron chi connectivity index (χ4n) is 6.59. The Bertz CT molecular complexity index is 272. The predicted octanol–water partition coefficient (Wildman–Crippen LogP) is 2.51. The zero-order valence-electron chi connectivity index (χ0n) is 6.63. The first-order chi connectivity index (χ1) is 5.86. The molecule has 0 heterocycles. The third-order valence-electron chi connectivity index (χ3n) is 6.57. The van der Waals surface area contributed by atoms with Gasteiger partial charge >= 0.3 is 0 Å². The van der Waals surface area contributed by atoms with Crippen LogP contribution in [0.2, 0.25) is 0 Å². The Hall–Kier alpha value is 0.960. The highest BCUT2D eigenvalue weighted by Crippen LogP contribution is 3.10. The summed E-state index contributed by atoms with van der Waals surface area (Å²) in [5.74, 6) is 7.23. The first-order valence-electron chi connectivity index (χ1n) is 4.98. The molecule has 0 aliphatic heterocycles. The van der Waals surface area contributed by atoms with Crippen molar-refractivity contribution < 1.29 is 0 Å². The molecule has 2 heteroatoms. The van der Waals surface area contributed by atoms with Crippen LogP contribution in [0.1, 0.15) is 0 Å². The molecule has 6 fully saturated rings. The monoisotopic (exact) mass is 288 g/mol. The summed E-state index contributed by atoms with van der Waals surface area (Å²) in [6.07, 6.45) is 0. The van der Waals surface area contributed by atoms with Crippen LogP contribution < -0.4 is 0 Å². The second kappa shape index (κ2) is 1.32. The summed E-state index contributed by atoms with van der Waals surface area (Å²) < 4.78 is 0. The van der Waals surface area contributed by atoms with Crippen LogP contribution in [0.5, 0.6) is 0 Å². The number of alkyl halides is 2. The average Bonchev–Trinajstić information content (AvgIpc) is 2.16. The molecule has 0 aromatic heterocycles. The van der Waals surface area contributed by atoms with Crippen molar-refractivity contribution in [2.75, 3.05) is 10.7 Å². The lowest BCUT2D eigenvalue weighted by molar-refractivity contribution is -0.648. The minimum Gasteiger partial charge on any atom is -0.0922 e. The largest absolute Gasteiger partial charge is 0.0922 e. The third kappa shape index (κ3) is 0.235. The van der Waals surface area contributed by atoms with Gasteiger partial charge in [0, 0.05) is 10.7 Å². The van der Waals surface area contributed by atoms with Crippen molar-refractivity contribution in [2.45, 2.75) is 0 Å². The zero-order valence-corrected chi connectivity index (χ0v) is 9.81. The minimum absolute atomic E-state index is 0.825. The summed E-state index contributed by atoms with van der Waals surface area (Å²) in [4.78, 5) is 0. The molecular formula is C10H10Br2. The molecule has 6 rings (SSSR count). The fraction of sp³-hybridized carbons (Fsp3) is 1.00. The standard InChI is InChI=1S/C10H10Br2/c11-1-9-5-3-4-7(5)10(9,2-12)8(4)6(3)9/h3-8H,1-2H2. The average molecular weight is 290 g/mol. The molecule has 6 saturated carbocycles. The van der Waals surface area contributed by atoms with Crippen LogP contribution in [-0.4, -0.2) is 10.7 Å². The van der Waals surface area contributed by atoms with Gasteiger partial charge in [-0.05, 0) is 46.3 Å². The summed E-state index contributed by atoms with van der Waals surface area (Å²) >= 11 is 7.52. The fourth-order valence-corrected chi connectivity index (χ4v) is 9.13. The van der Waals surface area contributed by atoms with Crippen molar-refractivity contribution in [1.82, 2.24) is 0 Å². The van der Waals surface area contributed by atoms with Crippen molar-refractivity contribution in [3.05, 3.63) is 0 Å². The minimum atomic E-state index is 0.825. The Labute approximate surface area is 88.7 Å². The molecule has 12 heavy (non-hydrogen) atoms. The van der Waals surface area contributed by atoms with E-state index in [0.29, 0.717) is 0 Å². The van der Waals surface area contributed by atoms with Gasteiger partial charge in [-0.15, -0.1) is 0 Å². The van der Waals surface area contributed by atoms with Gasteiger partial charge in [-0.25, -0.2) is 0 Å². The van der Waals surface area contributed by atoms with E-state index in [1.807, 2.05) is 0 Å². The van der Waals surface area contributed by atoms with Crippen LogP contribution >= 0.6 is 31.9 Å². The summed E-state index contributed by atoms with van der Waals surface area (Å²) in [7, 11) is 0. The molecule has 0 bridgehead atoms. The van der Waals surface area contributed by atoms with Crippen LogP contribution in [0.3, 0.4) is 0 Å². The summed E-state index contributed by atoms with van der Waals surface area (Å²) in [6.45, 7) is 0. The van der Waals surface area contributed by atoms with E-state index in [9.17, 15) is 0 Å². The number of hydrogen-bond acceptors (Lipinski definition) is 0. The third-order valence-corrected chi connectivity index (χ3v) is 8.42. The van der Waals surface area contributed by atoms with Gasteiger partial charge in [0.1, 0.15) is 0 Å². The smallest absolute Gasteiger partial charge is 0.00995 e. The lowest BCUT2D eigenvalue weighted by Crippen LogP contribution is -3.10. The van der Waals surface area contributed by atoms with Gasteiger partial charge in [-0.1, -0.05) is 31.9 Å². The predicted molar refractivity (Wildman–Crippen MR) is 53.4 cm³/mol. The van der Waals surface area contributed by atoms with Crippen molar-refractivity contribution in [2.24, 2.45) is 46.3 Å². The van der Waals surface area contributed by atoms with Crippen molar-refractivity contribution >= 4 is 31.9 Å². The molecule has 6 aliphatic rings. The molecule has 0 aromatic rings. The molecule has 6 aliphatic carbocycles. The molecule has 0 amide bonds. The van der Waals surface area contributed by atoms with Gasteiger partial charge in [0.15, 0.2) is 0 Å². The van der Waals surface area contributed by atoms with Gasteiger partial charge in [0.2, 0.25) is 0 Å². The molecule has 4 unspecified atom stereocenters. The van der Waals surface area contributed by atoms with Gasteiger partial charge in [-0.3, -0.25) is 0 Å². The van der Waals surface area contributed by atoms with E-state index in [2.05, 4.69) is 31.9 Å². The van der Waals surface area contributed by atoms with E-state index in [1.54, 1.807) is 0 Å². The highest BCUT2D eigenvalue weighted by Gasteiger charge is 3.09. The van der Waals surface area contributed by atoms with Crippen LogP contribution in [0.25, 0.3) is 0 Å². The Balaban J connectivity index is 1.74. The van der Waals surface area contributed by atoms with E-state index in [4.69, 9.17) is 0 Å². The van der Waals surface area contributed by atoms with Gasteiger partial charge < -0.3 is 0 Å². The van der Waals surface area contributed by atoms with Crippen molar-refractivity contribution in [3.63, 3.8) is 0 Å². The van der Waals surface area contributed by atoms with Crippen LogP contribution in [0.4, 0.5) is 0 Å². The lowest BCUT2D eigenvalue weighted by Gasteiger charge is -3.12. The number of rotatable bonds is 2. The molecule has 0 aromatic carbocycles. The Kier molecular flexibility index (Phi) is 0.710. The van der Waals surface area contributed by atoms with E-state index >= 15 is 0 Å². The van der Waals surface area contributed by atoms with Gasteiger partial charge in [-0.2, -0.15) is 0 Å². The normalized spacial score (nSPS) is 88.5. The maximum absolute atomic E-state index is 3.76. The molecule has 4 atom stereocenters. The van der Waals surface area contributed by atoms with E-state index < -0.39 is 0 Å². The van der Waals surface area contributed by atoms with E-state index in [1.165, 1.54) is 46.2 Å². The first kappa shape index (κ1) is 6.44. The maximum atomic E-state index is 3.76. The lowest BCUT2D eigenvalue weighted by atomic mass is 8.92. The molecule has 64 valence electrons. The highest BCUT2D eigenvalue weighted by atomic mass is 79.9. The van der Waals surface area contributed by atoms with E-state index in [-0.39, 0.29) is 0 Å². The number of hydrogen-bond donors (Lipinski definition) is 0. The SMILES string of the molecule is BrCC12C3C4C5C3C1(CBr)C5C42. The Morgan fingerprint density at radius 3 is 1.33 bits per heavy atom. The Morgan fingerprint density at radius 2 is 1.08 bits per heavy atom. The first-order valence-corrected chi connectivity index (χ1v) is 7.22. The van der Waals surface area contributed by atoms with Crippen LogP contribution in [0.15, 0.2) is 0 Å². The topological polar surface area (TPSA) is 0 Å². The van der Waals surface area contributed by atoms with Crippen molar-refractivity contribution in [1.29, 1.82) is 0 Å². The maximum Gasteiger partial charge on any atom is 0.00995 e. The van der Waals surface area contributed by atoms with Crippen molar-refractivity contribution in [3.8, 4) is 0 Å². The number of halogens is 2. The van der Waals surface area contributed by atoms with E-state index in [0.717, 1.165) is 10.8 Å². The molecule has 0 nitrogen and oxygen atoms in total. The second-order valence-electron chi connectivity index (χ2n) is 5.61. The quantitative estimate of drug-likeness (QED) is 0.686.